The van der Waals surface area contributed by atoms with Crippen LogP contribution in [0.5, 0.6) is 0 Å². The molecule has 1 aliphatic rings. The van der Waals surface area contributed by atoms with Gasteiger partial charge in [-0.15, -0.1) is 11.3 Å². The SMILES string of the molecule is CCc1cc2c(=O)n(NC(=O)c3ccc(NC4CC4)c([N+](=O)[O-])c3)cnc2s1. The van der Waals surface area contributed by atoms with E-state index in [4.69, 9.17) is 0 Å². The topological polar surface area (TPSA) is 119 Å². The maximum absolute atomic E-state index is 12.6. The molecule has 0 bridgehead atoms. The molecule has 1 aromatic carbocycles. The van der Waals surface area contributed by atoms with Crippen molar-refractivity contribution in [2.45, 2.75) is 32.2 Å². The fourth-order valence-electron chi connectivity index (χ4n) is 2.79. The van der Waals surface area contributed by atoms with Gasteiger partial charge in [-0.25, -0.2) is 9.66 Å². The highest BCUT2D eigenvalue weighted by molar-refractivity contribution is 7.18. The molecule has 9 nitrogen and oxygen atoms in total. The molecule has 0 spiro atoms. The predicted molar refractivity (Wildman–Crippen MR) is 107 cm³/mol. The second-order valence-electron chi connectivity index (χ2n) is 6.55. The van der Waals surface area contributed by atoms with Gasteiger partial charge in [-0.3, -0.25) is 25.1 Å². The number of aryl methyl sites for hydroxylation is 1. The Labute approximate surface area is 163 Å². The molecule has 0 atom stereocenters. The number of rotatable bonds is 6. The molecule has 1 saturated carbocycles. The number of carbonyl (C=O) groups is 1. The van der Waals surface area contributed by atoms with Crippen molar-refractivity contribution in [1.82, 2.24) is 9.66 Å². The largest absolute Gasteiger partial charge is 0.377 e. The monoisotopic (exact) mass is 399 g/mol. The molecule has 0 unspecified atom stereocenters. The van der Waals surface area contributed by atoms with Crippen molar-refractivity contribution < 1.29 is 9.72 Å². The van der Waals surface area contributed by atoms with E-state index in [1.165, 1.54) is 35.9 Å². The number of thiophene rings is 1. The average molecular weight is 399 g/mol. The van der Waals surface area contributed by atoms with E-state index in [9.17, 15) is 19.7 Å². The Bertz CT molecular complexity index is 1150. The zero-order valence-corrected chi connectivity index (χ0v) is 15.8. The number of nitrogens with one attached hydrogen (secondary N) is 2. The summed E-state index contributed by atoms with van der Waals surface area (Å²) < 4.78 is 0.999. The number of nitro groups is 1. The van der Waals surface area contributed by atoms with Crippen LogP contribution in [0, 0.1) is 10.1 Å². The summed E-state index contributed by atoms with van der Waals surface area (Å²) in [5.74, 6) is -0.629. The van der Waals surface area contributed by atoms with Crippen LogP contribution in [0.25, 0.3) is 10.2 Å². The molecule has 10 heteroatoms. The van der Waals surface area contributed by atoms with Crippen molar-refractivity contribution in [3.05, 3.63) is 61.5 Å². The highest BCUT2D eigenvalue weighted by Gasteiger charge is 2.25. The smallest absolute Gasteiger partial charge is 0.293 e. The predicted octanol–water partition coefficient (Wildman–Crippen LogP) is 2.89. The number of fused-ring (bicyclic) bond motifs is 1. The van der Waals surface area contributed by atoms with E-state index in [-0.39, 0.29) is 17.3 Å². The molecule has 2 N–H and O–H groups in total. The summed E-state index contributed by atoms with van der Waals surface area (Å²) in [6.45, 7) is 1.99. The first-order valence-corrected chi connectivity index (χ1v) is 9.64. The van der Waals surface area contributed by atoms with Crippen LogP contribution in [0.3, 0.4) is 0 Å². The first-order valence-electron chi connectivity index (χ1n) is 8.82. The van der Waals surface area contributed by atoms with Crippen LogP contribution in [0.4, 0.5) is 11.4 Å². The summed E-state index contributed by atoms with van der Waals surface area (Å²) in [5.41, 5.74) is 2.35. The fraction of sp³-hybridized carbons (Fsp3) is 0.278. The normalized spacial score (nSPS) is 13.5. The van der Waals surface area contributed by atoms with Gasteiger partial charge in [0, 0.05) is 22.5 Å². The van der Waals surface area contributed by atoms with Crippen molar-refractivity contribution in [2.24, 2.45) is 0 Å². The maximum Gasteiger partial charge on any atom is 0.293 e. The lowest BCUT2D eigenvalue weighted by molar-refractivity contribution is -0.384. The zero-order chi connectivity index (χ0) is 19.8. The summed E-state index contributed by atoms with van der Waals surface area (Å²) >= 11 is 1.43. The third-order valence-corrected chi connectivity index (χ3v) is 5.65. The molecule has 0 saturated heterocycles. The van der Waals surface area contributed by atoms with Crippen LogP contribution < -0.4 is 16.3 Å². The Morgan fingerprint density at radius 1 is 1.39 bits per heavy atom. The lowest BCUT2D eigenvalue weighted by Crippen LogP contribution is -2.33. The van der Waals surface area contributed by atoms with E-state index in [0.717, 1.165) is 28.8 Å². The maximum atomic E-state index is 12.6. The molecule has 4 rings (SSSR count). The van der Waals surface area contributed by atoms with Crippen molar-refractivity contribution in [2.75, 3.05) is 10.7 Å². The van der Waals surface area contributed by atoms with Crippen molar-refractivity contribution >= 4 is 38.8 Å². The van der Waals surface area contributed by atoms with E-state index in [2.05, 4.69) is 15.7 Å². The Morgan fingerprint density at radius 2 is 2.18 bits per heavy atom. The van der Waals surface area contributed by atoms with Gasteiger partial charge in [-0.05, 0) is 37.5 Å². The molecule has 1 amide bonds. The summed E-state index contributed by atoms with van der Waals surface area (Å²) in [6, 6.07) is 6.22. The molecule has 2 heterocycles. The molecular weight excluding hydrogens is 382 g/mol. The molecule has 1 fully saturated rings. The molecule has 1 aliphatic carbocycles. The molecule has 3 aromatic rings. The number of anilines is 1. The van der Waals surface area contributed by atoms with Crippen LogP contribution in [0.1, 0.15) is 35.0 Å². The summed E-state index contributed by atoms with van der Waals surface area (Å²) in [7, 11) is 0. The Kier molecular flexibility index (Phi) is 4.55. The van der Waals surface area contributed by atoms with E-state index in [0.29, 0.717) is 15.9 Å². The highest BCUT2D eigenvalue weighted by Crippen LogP contribution is 2.31. The minimum Gasteiger partial charge on any atom is -0.377 e. The first-order chi connectivity index (χ1) is 13.5. The van der Waals surface area contributed by atoms with E-state index in [1.807, 2.05) is 6.92 Å². The Hall–Kier alpha value is -3.27. The van der Waals surface area contributed by atoms with Crippen LogP contribution >= 0.6 is 11.3 Å². The number of hydrogen-bond acceptors (Lipinski definition) is 7. The van der Waals surface area contributed by atoms with Gasteiger partial charge in [0.1, 0.15) is 16.8 Å². The standard InChI is InChI=1S/C18H17N5O4S/c1-2-12-8-13-17(28-12)19-9-22(18(13)25)21-16(24)10-3-6-14(20-11-4-5-11)15(7-10)23(26)27/h3,6-9,11,20H,2,4-5H2,1H3,(H,21,24). The molecule has 144 valence electrons. The lowest BCUT2D eigenvalue weighted by Gasteiger charge is -2.09. The third kappa shape index (κ3) is 3.46. The quantitative estimate of drug-likeness (QED) is 0.486. The average Bonchev–Trinajstić information content (AvgIpc) is 3.39. The number of aromatic nitrogens is 2. The van der Waals surface area contributed by atoms with Crippen LogP contribution in [0.2, 0.25) is 0 Å². The minimum absolute atomic E-state index is 0.0830. The molecule has 28 heavy (non-hydrogen) atoms. The first kappa shape index (κ1) is 18.1. The second kappa shape index (κ2) is 7.04. The van der Waals surface area contributed by atoms with Gasteiger partial charge in [0.25, 0.3) is 17.2 Å². The lowest BCUT2D eigenvalue weighted by atomic mass is 10.1. The van der Waals surface area contributed by atoms with Crippen LogP contribution in [-0.2, 0) is 6.42 Å². The highest BCUT2D eigenvalue weighted by atomic mass is 32.1. The van der Waals surface area contributed by atoms with Crippen LogP contribution in [-0.4, -0.2) is 26.5 Å². The number of nitrogens with zero attached hydrogens (tertiary/aromatic N) is 3. The van der Waals surface area contributed by atoms with Gasteiger partial charge >= 0.3 is 0 Å². The van der Waals surface area contributed by atoms with Gasteiger partial charge in [-0.1, -0.05) is 6.92 Å². The molecular formula is C18H17N5O4S. The van der Waals surface area contributed by atoms with Gasteiger partial charge in [-0.2, -0.15) is 0 Å². The Morgan fingerprint density at radius 3 is 2.86 bits per heavy atom. The van der Waals surface area contributed by atoms with Gasteiger partial charge in [0.2, 0.25) is 0 Å². The third-order valence-electron chi connectivity index (χ3n) is 4.47. The molecule has 0 aliphatic heterocycles. The number of nitro benzene ring substituents is 1. The summed E-state index contributed by atoms with van der Waals surface area (Å²) in [6.07, 6.45) is 3.98. The van der Waals surface area contributed by atoms with E-state index in [1.54, 1.807) is 6.07 Å². The number of carbonyl (C=O) groups excluding carboxylic acids is 1. The van der Waals surface area contributed by atoms with Crippen molar-refractivity contribution in [1.29, 1.82) is 0 Å². The van der Waals surface area contributed by atoms with E-state index < -0.39 is 16.4 Å². The number of benzene rings is 1. The molecule has 2 aromatic heterocycles. The van der Waals surface area contributed by atoms with Gasteiger partial charge in [0.15, 0.2) is 0 Å². The number of hydrogen-bond donors (Lipinski definition) is 2. The summed E-state index contributed by atoms with van der Waals surface area (Å²) in [4.78, 5) is 41.8. The van der Waals surface area contributed by atoms with Crippen molar-refractivity contribution in [3.63, 3.8) is 0 Å². The van der Waals surface area contributed by atoms with E-state index >= 15 is 0 Å². The van der Waals surface area contributed by atoms with Gasteiger partial charge in [0.05, 0.1) is 10.3 Å². The molecule has 0 radical (unpaired) electrons. The fourth-order valence-corrected chi connectivity index (χ4v) is 3.72. The zero-order valence-electron chi connectivity index (χ0n) is 15.0. The second-order valence-corrected chi connectivity index (χ2v) is 7.67. The van der Waals surface area contributed by atoms with Crippen LogP contribution in [0.15, 0.2) is 35.4 Å². The number of amides is 1. The summed E-state index contributed by atoms with van der Waals surface area (Å²) in [5, 5.41) is 14.9. The van der Waals surface area contributed by atoms with Crippen molar-refractivity contribution in [3.8, 4) is 0 Å². The Balaban J connectivity index is 1.62. The van der Waals surface area contributed by atoms with Gasteiger partial charge < -0.3 is 5.32 Å². The minimum atomic E-state index is -0.629.